The minimum atomic E-state index is 0.468. The van der Waals surface area contributed by atoms with Crippen molar-refractivity contribution in [2.45, 2.75) is 38.9 Å². The lowest BCUT2D eigenvalue weighted by molar-refractivity contribution is 0.508. The molecule has 1 N–H and O–H groups in total. The molecule has 19 heavy (non-hydrogen) atoms. The molecule has 5 heteroatoms. The van der Waals surface area contributed by atoms with E-state index in [0.717, 1.165) is 36.8 Å². The average molecular weight is 277 g/mol. The lowest BCUT2D eigenvalue weighted by Crippen LogP contribution is -2.30. The maximum absolute atomic E-state index is 6.03. The summed E-state index contributed by atoms with van der Waals surface area (Å²) in [7, 11) is 0. The number of hydrogen-bond acceptors (Lipinski definition) is 3. The second-order valence-electron chi connectivity index (χ2n) is 4.93. The van der Waals surface area contributed by atoms with Gasteiger partial charge in [0.2, 0.25) is 0 Å². The first-order valence-electron chi connectivity index (χ1n) is 6.63. The van der Waals surface area contributed by atoms with Gasteiger partial charge >= 0.3 is 0 Å². The molecule has 0 radical (unpaired) electrons. The normalized spacial score (nSPS) is 17.7. The SMILES string of the molecule is CCn1cnnc1CNC1Cc2ccc(Cl)cc2C1. The molecule has 0 amide bonds. The van der Waals surface area contributed by atoms with Gasteiger partial charge in [-0.05, 0) is 43.0 Å². The molecule has 1 aliphatic rings. The fourth-order valence-corrected chi connectivity index (χ4v) is 2.84. The van der Waals surface area contributed by atoms with Gasteiger partial charge in [-0.1, -0.05) is 17.7 Å². The number of aromatic nitrogens is 3. The molecule has 0 fully saturated rings. The lowest BCUT2D eigenvalue weighted by Gasteiger charge is -2.11. The van der Waals surface area contributed by atoms with Crippen molar-refractivity contribution in [3.8, 4) is 0 Å². The second-order valence-corrected chi connectivity index (χ2v) is 5.37. The third-order valence-electron chi connectivity index (χ3n) is 3.69. The molecule has 1 aromatic carbocycles. The molecule has 0 saturated carbocycles. The van der Waals surface area contributed by atoms with Crippen molar-refractivity contribution < 1.29 is 0 Å². The number of hydrogen-bond donors (Lipinski definition) is 1. The van der Waals surface area contributed by atoms with Crippen LogP contribution in [0.25, 0.3) is 0 Å². The highest BCUT2D eigenvalue weighted by atomic mass is 35.5. The van der Waals surface area contributed by atoms with Crippen LogP contribution in [-0.4, -0.2) is 20.8 Å². The summed E-state index contributed by atoms with van der Waals surface area (Å²) in [6, 6.07) is 6.65. The van der Waals surface area contributed by atoms with E-state index in [0.29, 0.717) is 6.04 Å². The van der Waals surface area contributed by atoms with Gasteiger partial charge in [0.25, 0.3) is 0 Å². The molecule has 1 atom stereocenters. The Morgan fingerprint density at radius 1 is 1.37 bits per heavy atom. The van der Waals surface area contributed by atoms with Gasteiger partial charge in [0, 0.05) is 17.6 Å². The largest absolute Gasteiger partial charge is 0.317 e. The van der Waals surface area contributed by atoms with Gasteiger partial charge in [-0.25, -0.2) is 0 Å². The number of rotatable bonds is 4. The van der Waals surface area contributed by atoms with E-state index in [1.165, 1.54) is 11.1 Å². The summed E-state index contributed by atoms with van der Waals surface area (Å²) in [4.78, 5) is 0. The summed E-state index contributed by atoms with van der Waals surface area (Å²) >= 11 is 6.03. The van der Waals surface area contributed by atoms with Crippen LogP contribution in [-0.2, 0) is 25.9 Å². The topological polar surface area (TPSA) is 42.7 Å². The molecule has 1 aromatic heterocycles. The van der Waals surface area contributed by atoms with Crippen molar-refractivity contribution in [1.29, 1.82) is 0 Å². The maximum Gasteiger partial charge on any atom is 0.146 e. The van der Waals surface area contributed by atoms with Crippen LogP contribution in [0.15, 0.2) is 24.5 Å². The van der Waals surface area contributed by atoms with E-state index < -0.39 is 0 Å². The number of fused-ring (bicyclic) bond motifs is 1. The van der Waals surface area contributed by atoms with Crippen LogP contribution in [0.1, 0.15) is 23.9 Å². The van der Waals surface area contributed by atoms with E-state index in [1.54, 1.807) is 6.33 Å². The Morgan fingerprint density at radius 2 is 2.21 bits per heavy atom. The number of benzene rings is 1. The van der Waals surface area contributed by atoms with Crippen LogP contribution in [0.4, 0.5) is 0 Å². The van der Waals surface area contributed by atoms with E-state index in [2.05, 4.69) is 39.1 Å². The molecule has 0 saturated heterocycles. The summed E-state index contributed by atoms with van der Waals surface area (Å²) in [6.07, 6.45) is 3.88. The van der Waals surface area contributed by atoms with Crippen LogP contribution in [0.3, 0.4) is 0 Å². The minimum absolute atomic E-state index is 0.468. The number of halogens is 1. The monoisotopic (exact) mass is 276 g/mol. The molecule has 0 aliphatic heterocycles. The van der Waals surface area contributed by atoms with Gasteiger partial charge < -0.3 is 9.88 Å². The molecule has 1 unspecified atom stereocenters. The van der Waals surface area contributed by atoms with E-state index in [-0.39, 0.29) is 0 Å². The van der Waals surface area contributed by atoms with Gasteiger partial charge in [0.1, 0.15) is 12.2 Å². The predicted octanol–water partition coefficient (Wildman–Crippen LogP) is 2.21. The molecule has 100 valence electrons. The Morgan fingerprint density at radius 3 is 3.05 bits per heavy atom. The van der Waals surface area contributed by atoms with Crippen molar-refractivity contribution in [2.24, 2.45) is 0 Å². The first kappa shape index (κ1) is 12.6. The molecule has 1 heterocycles. The Labute approximate surface area is 117 Å². The molecular formula is C14H17ClN4. The summed E-state index contributed by atoms with van der Waals surface area (Å²) < 4.78 is 2.06. The van der Waals surface area contributed by atoms with Crippen molar-refractivity contribution in [1.82, 2.24) is 20.1 Å². The second kappa shape index (κ2) is 5.31. The highest BCUT2D eigenvalue weighted by molar-refractivity contribution is 6.30. The Kier molecular flexibility index (Phi) is 3.53. The zero-order chi connectivity index (χ0) is 13.2. The summed E-state index contributed by atoms with van der Waals surface area (Å²) in [5.41, 5.74) is 2.76. The quantitative estimate of drug-likeness (QED) is 0.931. The third kappa shape index (κ3) is 2.65. The standard InChI is InChI=1S/C14H17ClN4/c1-2-19-9-17-18-14(19)8-16-13-6-10-3-4-12(15)5-11(10)7-13/h3-5,9,13,16H,2,6-8H2,1H3. The fraction of sp³-hybridized carbons (Fsp3) is 0.429. The summed E-state index contributed by atoms with van der Waals surface area (Å²) in [6.45, 7) is 3.77. The maximum atomic E-state index is 6.03. The predicted molar refractivity (Wildman–Crippen MR) is 75.2 cm³/mol. The van der Waals surface area contributed by atoms with Gasteiger partial charge in [-0.3, -0.25) is 0 Å². The lowest BCUT2D eigenvalue weighted by atomic mass is 10.1. The van der Waals surface area contributed by atoms with Crippen molar-refractivity contribution in [3.05, 3.63) is 46.5 Å². The van der Waals surface area contributed by atoms with Crippen LogP contribution < -0.4 is 5.32 Å². The smallest absolute Gasteiger partial charge is 0.146 e. The van der Waals surface area contributed by atoms with E-state index in [4.69, 9.17) is 11.6 Å². The van der Waals surface area contributed by atoms with Crippen LogP contribution >= 0.6 is 11.6 Å². The molecular weight excluding hydrogens is 260 g/mol. The van der Waals surface area contributed by atoms with Crippen molar-refractivity contribution in [3.63, 3.8) is 0 Å². The van der Waals surface area contributed by atoms with Crippen LogP contribution in [0, 0.1) is 0 Å². The minimum Gasteiger partial charge on any atom is -0.317 e. The summed E-state index contributed by atoms with van der Waals surface area (Å²) in [5, 5.41) is 12.5. The molecule has 4 nitrogen and oxygen atoms in total. The molecule has 2 aromatic rings. The zero-order valence-electron chi connectivity index (χ0n) is 10.9. The molecule has 3 rings (SSSR count). The molecule has 1 aliphatic carbocycles. The van der Waals surface area contributed by atoms with E-state index in [9.17, 15) is 0 Å². The molecule has 0 spiro atoms. The zero-order valence-corrected chi connectivity index (χ0v) is 11.7. The highest BCUT2D eigenvalue weighted by Crippen LogP contribution is 2.25. The van der Waals surface area contributed by atoms with Gasteiger partial charge in [0.05, 0.1) is 6.54 Å². The fourth-order valence-electron chi connectivity index (χ4n) is 2.65. The molecule has 0 bridgehead atoms. The van der Waals surface area contributed by atoms with Crippen LogP contribution in [0.5, 0.6) is 0 Å². The third-order valence-corrected chi connectivity index (χ3v) is 3.92. The van der Waals surface area contributed by atoms with E-state index >= 15 is 0 Å². The number of nitrogens with zero attached hydrogens (tertiary/aromatic N) is 3. The van der Waals surface area contributed by atoms with E-state index in [1.807, 2.05) is 6.07 Å². The Hall–Kier alpha value is -1.39. The van der Waals surface area contributed by atoms with Gasteiger partial charge in [-0.15, -0.1) is 10.2 Å². The van der Waals surface area contributed by atoms with Crippen LogP contribution in [0.2, 0.25) is 5.02 Å². The Balaban J connectivity index is 1.62. The van der Waals surface area contributed by atoms with Gasteiger partial charge in [-0.2, -0.15) is 0 Å². The Bertz CT molecular complexity index is 579. The van der Waals surface area contributed by atoms with Crippen molar-refractivity contribution in [2.75, 3.05) is 0 Å². The number of aryl methyl sites for hydroxylation is 1. The van der Waals surface area contributed by atoms with Crippen molar-refractivity contribution >= 4 is 11.6 Å². The van der Waals surface area contributed by atoms with Gasteiger partial charge in [0.15, 0.2) is 0 Å². The first-order chi connectivity index (χ1) is 9.26. The average Bonchev–Trinajstić information content (AvgIpc) is 3.01. The first-order valence-corrected chi connectivity index (χ1v) is 7.01. The highest BCUT2D eigenvalue weighted by Gasteiger charge is 2.21. The summed E-state index contributed by atoms with van der Waals surface area (Å²) in [5.74, 6) is 0.997. The number of nitrogens with one attached hydrogen (secondary N) is 1.